The van der Waals surface area contributed by atoms with Gasteiger partial charge in [0.1, 0.15) is 0 Å². The van der Waals surface area contributed by atoms with Gasteiger partial charge in [-0.25, -0.2) is 0 Å². The molecule has 1 saturated heterocycles. The molecule has 1 aromatic rings. The Morgan fingerprint density at radius 3 is 3.12 bits per heavy atom. The number of piperidine rings is 1. The second-order valence-corrected chi connectivity index (χ2v) is 4.39. The molecule has 17 heavy (non-hydrogen) atoms. The molecule has 1 aliphatic rings. The van der Waals surface area contributed by atoms with Crippen LogP contribution < -0.4 is 11.5 Å². The van der Waals surface area contributed by atoms with Crippen LogP contribution in [0.2, 0.25) is 0 Å². The van der Waals surface area contributed by atoms with Gasteiger partial charge in [-0.05, 0) is 25.0 Å². The maximum absolute atomic E-state index is 12.2. The van der Waals surface area contributed by atoms with Gasteiger partial charge >= 0.3 is 0 Å². The fourth-order valence-corrected chi connectivity index (χ4v) is 2.10. The molecular formula is C12H18N4O. The molecule has 0 aromatic carbocycles. The summed E-state index contributed by atoms with van der Waals surface area (Å²) in [5.41, 5.74) is 12.8. The summed E-state index contributed by atoms with van der Waals surface area (Å²) in [6.07, 6.45) is 3.59. The van der Waals surface area contributed by atoms with Gasteiger partial charge in [0, 0.05) is 37.4 Å². The molecule has 1 atom stereocenters. The van der Waals surface area contributed by atoms with Gasteiger partial charge in [0.2, 0.25) is 0 Å². The lowest BCUT2D eigenvalue weighted by atomic mass is 10.1. The number of carbonyl (C=O) groups is 1. The number of carbonyl (C=O) groups excluding carboxylic acids is 1. The van der Waals surface area contributed by atoms with E-state index in [0.29, 0.717) is 18.7 Å². The first-order chi connectivity index (χ1) is 8.20. The fraction of sp³-hybridized carbons (Fsp3) is 0.500. The van der Waals surface area contributed by atoms with E-state index in [1.54, 1.807) is 18.3 Å². The van der Waals surface area contributed by atoms with Crippen molar-refractivity contribution in [2.24, 2.45) is 11.5 Å². The van der Waals surface area contributed by atoms with Crippen molar-refractivity contribution < 1.29 is 4.79 Å². The van der Waals surface area contributed by atoms with Gasteiger partial charge in [0.25, 0.3) is 5.91 Å². The predicted octanol–water partition coefficient (Wildman–Crippen LogP) is 0.104. The van der Waals surface area contributed by atoms with Crippen LogP contribution >= 0.6 is 0 Å². The molecule has 1 aliphatic heterocycles. The molecule has 2 heterocycles. The van der Waals surface area contributed by atoms with Gasteiger partial charge in [-0.15, -0.1) is 0 Å². The number of nitrogens with two attached hydrogens (primary N) is 2. The molecule has 5 heteroatoms. The highest BCUT2D eigenvalue weighted by Gasteiger charge is 2.22. The molecule has 5 nitrogen and oxygen atoms in total. The van der Waals surface area contributed by atoms with E-state index in [0.717, 1.165) is 25.1 Å². The van der Waals surface area contributed by atoms with Crippen molar-refractivity contribution in [2.45, 2.75) is 25.4 Å². The predicted molar refractivity (Wildman–Crippen MR) is 65.2 cm³/mol. The van der Waals surface area contributed by atoms with Gasteiger partial charge < -0.3 is 16.4 Å². The second kappa shape index (κ2) is 5.25. The van der Waals surface area contributed by atoms with Gasteiger partial charge in [-0.2, -0.15) is 0 Å². The Morgan fingerprint density at radius 2 is 2.41 bits per heavy atom. The smallest absolute Gasteiger partial charge is 0.254 e. The number of rotatable bonds is 2. The Bertz CT molecular complexity index is 407. The van der Waals surface area contributed by atoms with Crippen molar-refractivity contribution in [3.63, 3.8) is 0 Å². The van der Waals surface area contributed by atoms with Crippen molar-refractivity contribution in [1.29, 1.82) is 0 Å². The van der Waals surface area contributed by atoms with Crippen LogP contribution in [-0.4, -0.2) is 34.9 Å². The highest BCUT2D eigenvalue weighted by Crippen LogP contribution is 2.13. The summed E-state index contributed by atoms with van der Waals surface area (Å²) in [6, 6.07) is 3.58. The zero-order valence-electron chi connectivity index (χ0n) is 9.80. The SMILES string of the molecule is NCc1cc(C(=O)N2CCCC(N)C2)ccn1. The molecule has 0 spiro atoms. The highest BCUT2D eigenvalue weighted by molar-refractivity contribution is 5.94. The van der Waals surface area contributed by atoms with E-state index in [1.807, 2.05) is 4.90 Å². The van der Waals surface area contributed by atoms with Crippen LogP contribution in [0.1, 0.15) is 28.9 Å². The number of hydrogen-bond donors (Lipinski definition) is 2. The molecule has 0 bridgehead atoms. The summed E-state index contributed by atoms with van der Waals surface area (Å²) in [5.74, 6) is 0.0252. The van der Waals surface area contributed by atoms with Crippen molar-refractivity contribution in [3.8, 4) is 0 Å². The maximum Gasteiger partial charge on any atom is 0.254 e. The van der Waals surface area contributed by atoms with Crippen molar-refractivity contribution in [3.05, 3.63) is 29.6 Å². The molecule has 0 saturated carbocycles. The Kier molecular flexibility index (Phi) is 3.71. The summed E-state index contributed by atoms with van der Waals surface area (Å²) in [4.78, 5) is 18.1. The van der Waals surface area contributed by atoms with Crippen molar-refractivity contribution in [2.75, 3.05) is 13.1 Å². The van der Waals surface area contributed by atoms with Crippen LogP contribution in [0, 0.1) is 0 Å². The lowest BCUT2D eigenvalue weighted by molar-refractivity contribution is 0.0708. The number of hydrogen-bond acceptors (Lipinski definition) is 4. The van der Waals surface area contributed by atoms with Crippen LogP contribution in [0.15, 0.2) is 18.3 Å². The summed E-state index contributed by atoms with van der Waals surface area (Å²) >= 11 is 0. The molecule has 1 unspecified atom stereocenters. The molecule has 92 valence electrons. The first kappa shape index (κ1) is 12.0. The number of aromatic nitrogens is 1. The number of pyridine rings is 1. The van der Waals surface area contributed by atoms with Crippen molar-refractivity contribution in [1.82, 2.24) is 9.88 Å². The van der Waals surface area contributed by atoms with E-state index < -0.39 is 0 Å². The van der Waals surface area contributed by atoms with E-state index >= 15 is 0 Å². The van der Waals surface area contributed by atoms with E-state index in [1.165, 1.54) is 0 Å². The Labute approximate surface area is 101 Å². The van der Waals surface area contributed by atoms with E-state index in [9.17, 15) is 4.79 Å². The third-order valence-electron chi connectivity index (χ3n) is 3.02. The standard InChI is InChI=1S/C12H18N4O/c13-7-11-6-9(3-4-15-11)12(17)16-5-1-2-10(14)8-16/h3-4,6,10H,1-2,5,7-8,13-14H2. The first-order valence-corrected chi connectivity index (χ1v) is 5.90. The Morgan fingerprint density at radius 1 is 1.59 bits per heavy atom. The zero-order valence-corrected chi connectivity index (χ0v) is 9.80. The zero-order chi connectivity index (χ0) is 12.3. The minimum atomic E-state index is 0.0252. The minimum Gasteiger partial charge on any atom is -0.337 e. The number of nitrogens with zero attached hydrogens (tertiary/aromatic N) is 2. The molecule has 1 aromatic heterocycles. The first-order valence-electron chi connectivity index (χ1n) is 5.90. The normalized spacial score (nSPS) is 20.4. The van der Waals surface area contributed by atoms with E-state index in [-0.39, 0.29) is 11.9 Å². The summed E-state index contributed by atoms with van der Waals surface area (Å²) < 4.78 is 0. The lowest BCUT2D eigenvalue weighted by Crippen LogP contribution is -2.45. The van der Waals surface area contributed by atoms with Crippen LogP contribution in [0.3, 0.4) is 0 Å². The largest absolute Gasteiger partial charge is 0.337 e. The average Bonchev–Trinajstić information content (AvgIpc) is 2.38. The third-order valence-corrected chi connectivity index (χ3v) is 3.02. The summed E-state index contributed by atoms with van der Waals surface area (Å²) in [6.45, 7) is 1.77. The van der Waals surface area contributed by atoms with Crippen LogP contribution in [0.25, 0.3) is 0 Å². The summed E-state index contributed by atoms with van der Waals surface area (Å²) in [5, 5.41) is 0. The minimum absolute atomic E-state index is 0.0252. The molecule has 2 rings (SSSR count). The average molecular weight is 234 g/mol. The van der Waals surface area contributed by atoms with Crippen LogP contribution in [0.5, 0.6) is 0 Å². The molecular weight excluding hydrogens is 216 g/mol. The lowest BCUT2D eigenvalue weighted by Gasteiger charge is -2.30. The van der Waals surface area contributed by atoms with E-state index in [4.69, 9.17) is 11.5 Å². The van der Waals surface area contributed by atoms with Gasteiger partial charge in [0.15, 0.2) is 0 Å². The fourth-order valence-electron chi connectivity index (χ4n) is 2.10. The molecule has 0 aliphatic carbocycles. The molecule has 4 N–H and O–H groups in total. The second-order valence-electron chi connectivity index (χ2n) is 4.39. The van der Waals surface area contributed by atoms with Crippen LogP contribution in [0.4, 0.5) is 0 Å². The Balaban J connectivity index is 2.12. The van der Waals surface area contributed by atoms with Gasteiger partial charge in [0.05, 0.1) is 5.69 Å². The monoisotopic (exact) mass is 234 g/mol. The topological polar surface area (TPSA) is 85.2 Å². The summed E-state index contributed by atoms with van der Waals surface area (Å²) in [7, 11) is 0. The number of amides is 1. The highest BCUT2D eigenvalue weighted by atomic mass is 16.2. The van der Waals surface area contributed by atoms with Gasteiger partial charge in [-0.3, -0.25) is 9.78 Å². The quantitative estimate of drug-likeness (QED) is 0.760. The van der Waals surface area contributed by atoms with Crippen LogP contribution in [-0.2, 0) is 6.54 Å². The maximum atomic E-state index is 12.2. The van der Waals surface area contributed by atoms with Gasteiger partial charge in [-0.1, -0.05) is 0 Å². The van der Waals surface area contributed by atoms with Crippen molar-refractivity contribution >= 4 is 5.91 Å². The Hall–Kier alpha value is -1.46. The molecule has 1 amide bonds. The molecule has 0 radical (unpaired) electrons. The molecule has 1 fully saturated rings. The third kappa shape index (κ3) is 2.81. The van der Waals surface area contributed by atoms with E-state index in [2.05, 4.69) is 4.98 Å². The number of likely N-dealkylation sites (tertiary alicyclic amines) is 1.